The molecular weight excluding hydrogens is 359 g/mol. The first-order valence-electron chi connectivity index (χ1n) is 8.30. The summed E-state index contributed by atoms with van der Waals surface area (Å²) in [6.07, 6.45) is 2.35. The molecule has 1 atom stereocenters. The zero-order valence-corrected chi connectivity index (χ0v) is 15.7. The first kappa shape index (κ1) is 18.0. The van der Waals surface area contributed by atoms with Crippen molar-refractivity contribution in [2.45, 2.75) is 26.7 Å². The topological polar surface area (TPSA) is 58.1 Å². The summed E-state index contributed by atoms with van der Waals surface area (Å²) >= 11 is 12.1. The zero-order valence-electron chi connectivity index (χ0n) is 14.2. The SMILES string of the molecule is Cc1nc(C(=O)Nc2cccc(Cl)c2Cl)cc(N2CCCC(C)C2)n1. The van der Waals surface area contributed by atoms with E-state index in [1.807, 2.05) is 0 Å². The van der Waals surface area contributed by atoms with Crippen molar-refractivity contribution in [1.82, 2.24) is 9.97 Å². The molecule has 1 amide bonds. The lowest BCUT2D eigenvalue weighted by Gasteiger charge is -2.32. The Morgan fingerprint density at radius 1 is 1.32 bits per heavy atom. The summed E-state index contributed by atoms with van der Waals surface area (Å²) in [6, 6.07) is 6.84. The molecule has 0 bridgehead atoms. The van der Waals surface area contributed by atoms with Crippen LogP contribution >= 0.6 is 23.2 Å². The van der Waals surface area contributed by atoms with E-state index in [9.17, 15) is 4.79 Å². The highest BCUT2D eigenvalue weighted by Crippen LogP contribution is 2.30. The molecule has 1 N–H and O–H groups in total. The minimum absolute atomic E-state index is 0.313. The third-order valence-electron chi connectivity index (χ3n) is 4.24. The quantitative estimate of drug-likeness (QED) is 0.848. The molecule has 2 aromatic rings. The Kier molecular flexibility index (Phi) is 5.45. The van der Waals surface area contributed by atoms with Crippen LogP contribution in [-0.2, 0) is 0 Å². The van der Waals surface area contributed by atoms with Gasteiger partial charge in [0, 0.05) is 19.2 Å². The number of carbonyl (C=O) groups is 1. The second-order valence-electron chi connectivity index (χ2n) is 6.41. The van der Waals surface area contributed by atoms with Gasteiger partial charge in [-0.15, -0.1) is 0 Å². The minimum atomic E-state index is -0.332. The van der Waals surface area contributed by atoms with Crippen molar-refractivity contribution in [1.29, 1.82) is 0 Å². The van der Waals surface area contributed by atoms with Crippen molar-refractivity contribution in [2.75, 3.05) is 23.3 Å². The van der Waals surface area contributed by atoms with Crippen LogP contribution in [0.3, 0.4) is 0 Å². The number of nitrogens with zero attached hydrogens (tertiary/aromatic N) is 3. The molecule has 7 heteroatoms. The molecule has 25 heavy (non-hydrogen) atoms. The number of piperidine rings is 1. The highest BCUT2D eigenvalue weighted by atomic mass is 35.5. The number of carbonyl (C=O) groups excluding carboxylic acids is 1. The number of amides is 1. The Labute approximate surface area is 157 Å². The molecule has 1 aromatic carbocycles. The first-order valence-corrected chi connectivity index (χ1v) is 9.05. The highest BCUT2D eigenvalue weighted by molar-refractivity contribution is 6.44. The number of halogens is 2. The van der Waals surface area contributed by atoms with E-state index < -0.39 is 0 Å². The summed E-state index contributed by atoms with van der Waals surface area (Å²) in [5, 5.41) is 3.47. The lowest BCUT2D eigenvalue weighted by molar-refractivity contribution is 0.102. The van der Waals surface area contributed by atoms with Crippen LogP contribution in [0.1, 0.15) is 36.1 Å². The van der Waals surface area contributed by atoms with Crippen molar-refractivity contribution in [3.63, 3.8) is 0 Å². The van der Waals surface area contributed by atoms with E-state index in [-0.39, 0.29) is 5.91 Å². The van der Waals surface area contributed by atoms with Crippen LogP contribution in [0.5, 0.6) is 0 Å². The molecule has 1 unspecified atom stereocenters. The van der Waals surface area contributed by atoms with Crippen molar-refractivity contribution in [3.8, 4) is 0 Å². The van der Waals surface area contributed by atoms with Gasteiger partial charge in [0.05, 0.1) is 15.7 Å². The molecule has 5 nitrogen and oxygen atoms in total. The van der Waals surface area contributed by atoms with Gasteiger partial charge in [0.1, 0.15) is 17.3 Å². The largest absolute Gasteiger partial charge is 0.356 e. The van der Waals surface area contributed by atoms with Crippen LogP contribution in [-0.4, -0.2) is 29.0 Å². The molecule has 0 saturated carbocycles. The minimum Gasteiger partial charge on any atom is -0.356 e. The van der Waals surface area contributed by atoms with Crippen molar-refractivity contribution in [3.05, 3.63) is 45.8 Å². The fraction of sp³-hybridized carbons (Fsp3) is 0.389. The summed E-state index contributed by atoms with van der Waals surface area (Å²) in [4.78, 5) is 23.6. The molecule has 1 aliphatic rings. The fourth-order valence-electron chi connectivity index (χ4n) is 3.01. The average molecular weight is 379 g/mol. The van der Waals surface area contributed by atoms with E-state index in [4.69, 9.17) is 23.2 Å². The number of anilines is 2. The summed E-state index contributed by atoms with van der Waals surface area (Å²) in [5.74, 6) is 1.65. The molecule has 1 fully saturated rings. The summed E-state index contributed by atoms with van der Waals surface area (Å²) < 4.78 is 0. The van der Waals surface area contributed by atoms with E-state index in [2.05, 4.69) is 27.1 Å². The van der Waals surface area contributed by atoms with E-state index in [1.54, 1.807) is 31.2 Å². The second kappa shape index (κ2) is 7.58. The average Bonchev–Trinajstić information content (AvgIpc) is 2.58. The summed E-state index contributed by atoms with van der Waals surface area (Å²) in [6.45, 7) is 5.91. The van der Waals surface area contributed by atoms with Gasteiger partial charge in [0.25, 0.3) is 5.91 Å². The molecule has 2 heterocycles. The van der Waals surface area contributed by atoms with E-state index in [0.29, 0.717) is 33.2 Å². The van der Waals surface area contributed by atoms with Crippen LogP contribution in [0.25, 0.3) is 0 Å². The molecule has 1 saturated heterocycles. The van der Waals surface area contributed by atoms with Gasteiger partial charge in [-0.3, -0.25) is 4.79 Å². The molecule has 0 spiro atoms. The number of nitrogens with one attached hydrogen (secondary N) is 1. The number of aromatic nitrogens is 2. The Bertz CT molecular complexity index is 797. The van der Waals surface area contributed by atoms with Crippen LogP contribution in [0.2, 0.25) is 10.0 Å². The van der Waals surface area contributed by atoms with Gasteiger partial charge < -0.3 is 10.2 Å². The van der Waals surface area contributed by atoms with E-state index in [0.717, 1.165) is 25.3 Å². The number of hydrogen-bond acceptors (Lipinski definition) is 4. The van der Waals surface area contributed by atoms with E-state index >= 15 is 0 Å². The Morgan fingerprint density at radius 3 is 2.88 bits per heavy atom. The molecule has 0 aliphatic carbocycles. The predicted molar refractivity (Wildman–Crippen MR) is 102 cm³/mol. The maximum atomic E-state index is 12.6. The van der Waals surface area contributed by atoms with Gasteiger partial charge in [-0.25, -0.2) is 9.97 Å². The van der Waals surface area contributed by atoms with Crippen molar-refractivity contribution >= 4 is 40.6 Å². The monoisotopic (exact) mass is 378 g/mol. The molecule has 1 aromatic heterocycles. The molecule has 132 valence electrons. The molecule has 0 radical (unpaired) electrons. The van der Waals surface area contributed by atoms with Crippen LogP contribution in [0.15, 0.2) is 24.3 Å². The summed E-state index contributed by atoms with van der Waals surface area (Å²) in [7, 11) is 0. The van der Waals surface area contributed by atoms with Gasteiger partial charge in [-0.1, -0.05) is 36.2 Å². The predicted octanol–water partition coefficient (Wildman–Crippen LogP) is 4.58. The Hall–Kier alpha value is -1.85. The van der Waals surface area contributed by atoms with Gasteiger partial charge in [0.2, 0.25) is 0 Å². The van der Waals surface area contributed by atoms with Crippen LogP contribution < -0.4 is 10.2 Å². The normalized spacial score (nSPS) is 17.4. The lowest BCUT2D eigenvalue weighted by atomic mass is 10.0. The van der Waals surface area contributed by atoms with Crippen molar-refractivity contribution in [2.24, 2.45) is 5.92 Å². The zero-order chi connectivity index (χ0) is 18.0. The number of benzene rings is 1. The first-order chi connectivity index (χ1) is 11.9. The lowest BCUT2D eigenvalue weighted by Crippen LogP contribution is -2.35. The van der Waals surface area contributed by atoms with Crippen LogP contribution in [0.4, 0.5) is 11.5 Å². The maximum absolute atomic E-state index is 12.6. The fourth-order valence-corrected chi connectivity index (χ4v) is 3.36. The van der Waals surface area contributed by atoms with E-state index in [1.165, 1.54) is 6.42 Å². The third-order valence-corrected chi connectivity index (χ3v) is 5.06. The Morgan fingerprint density at radius 2 is 2.12 bits per heavy atom. The van der Waals surface area contributed by atoms with Gasteiger partial charge in [0.15, 0.2) is 0 Å². The second-order valence-corrected chi connectivity index (χ2v) is 7.19. The maximum Gasteiger partial charge on any atom is 0.274 e. The van der Waals surface area contributed by atoms with Gasteiger partial charge in [-0.2, -0.15) is 0 Å². The van der Waals surface area contributed by atoms with Crippen LogP contribution in [0, 0.1) is 12.8 Å². The molecule has 1 aliphatic heterocycles. The van der Waals surface area contributed by atoms with Gasteiger partial charge >= 0.3 is 0 Å². The number of hydrogen-bond donors (Lipinski definition) is 1. The standard InChI is InChI=1S/C18H20Cl2N4O/c1-11-5-4-8-24(10-11)16-9-15(21-12(2)22-16)18(25)23-14-7-3-6-13(19)17(14)20/h3,6-7,9,11H,4-5,8,10H2,1-2H3,(H,23,25). The Balaban J connectivity index is 1.84. The number of aryl methyl sites for hydroxylation is 1. The summed E-state index contributed by atoms with van der Waals surface area (Å²) in [5.41, 5.74) is 0.778. The molecular formula is C18H20Cl2N4O. The third kappa shape index (κ3) is 4.22. The number of rotatable bonds is 3. The van der Waals surface area contributed by atoms with Crippen molar-refractivity contribution < 1.29 is 4.79 Å². The van der Waals surface area contributed by atoms with Gasteiger partial charge in [-0.05, 0) is 37.8 Å². The smallest absolute Gasteiger partial charge is 0.274 e. The highest BCUT2D eigenvalue weighted by Gasteiger charge is 2.20. The molecule has 3 rings (SSSR count).